The molecule has 6 heteroatoms. The average Bonchev–Trinajstić information content (AvgIpc) is 2.27. The van der Waals surface area contributed by atoms with Crippen molar-refractivity contribution >= 4 is 39.1 Å². The van der Waals surface area contributed by atoms with E-state index >= 15 is 0 Å². The van der Waals surface area contributed by atoms with E-state index in [4.69, 9.17) is 5.73 Å². The topological polar surface area (TPSA) is 75.4 Å². The van der Waals surface area contributed by atoms with Gasteiger partial charge in [-0.3, -0.25) is 14.9 Å². The lowest BCUT2D eigenvalue weighted by Gasteiger charge is -2.34. The quantitative estimate of drug-likeness (QED) is 0.596. The van der Waals surface area contributed by atoms with Crippen molar-refractivity contribution in [2.75, 3.05) is 17.2 Å². The van der Waals surface area contributed by atoms with Gasteiger partial charge in [-0.1, -0.05) is 15.9 Å². The SMILES string of the molecule is CC1C(=O)NC(=O)CN1c1cc(Br)ccc1N. The molecular weight excluding hydrogens is 286 g/mol. The summed E-state index contributed by atoms with van der Waals surface area (Å²) in [5.41, 5.74) is 7.10. The van der Waals surface area contributed by atoms with Crippen LogP contribution in [0.2, 0.25) is 0 Å². The Labute approximate surface area is 107 Å². The summed E-state index contributed by atoms with van der Waals surface area (Å²) in [7, 11) is 0. The second-order valence-corrected chi connectivity index (χ2v) is 4.84. The molecule has 5 nitrogen and oxygen atoms in total. The predicted octanol–water partition coefficient (Wildman–Crippen LogP) is 0.883. The molecule has 0 saturated carbocycles. The predicted molar refractivity (Wildman–Crippen MR) is 68.5 cm³/mol. The Kier molecular flexibility index (Phi) is 3.06. The Hall–Kier alpha value is -1.56. The van der Waals surface area contributed by atoms with Gasteiger partial charge in [-0.25, -0.2) is 0 Å². The van der Waals surface area contributed by atoms with Gasteiger partial charge in [-0.2, -0.15) is 0 Å². The molecule has 90 valence electrons. The Bertz CT molecular complexity index is 490. The van der Waals surface area contributed by atoms with Crippen LogP contribution in [0, 0.1) is 0 Å². The van der Waals surface area contributed by atoms with Gasteiger partial charge in [0.25, 0.3) is 0 Å². The van der Waals surface area contributed by atoms with Crippen LogP contribution >= 0.6 is 15.9 Å². The minimum Gasteiger partial charge on any atom is -0.397 e. The van der Waals surface area contributed by atoms with Crippen molar-refractivity contribution in [1.82, 2.24) is 5.32 Å². The van der Waals surface area contributed by atoms with Crippen LogP contribution in [0.15, 0.2) is 22.7 Å². The average molecular weight is 298 g/mol. The third-order valence-corrected chi connectivity index (χ3v) is 3.22. The van der Waals surface area contributed by atoms with Crippen LogP contribution in [0.4, 0.5) is 11.4 Å². The van der Waals surface area contributed by atoms with Crippen LogP contribution in [0.25, 0.3) is 0 Å². The van der Waals surface area contributed by atoms with Gasteiger partial charge in [0.05, 0.1) is 17.9 Å². The molecule has 1 aromatic carbocycles. The molecule has 0 aromatic heterocycles. The molecule has 1 aliphatic rings. The van der Waals surface area contributed by atoms with E-state index in [1.54, 1.807) is 24.0 Å². The summed E-state index contributed by atoms with van der Waals surface area (Å²) in [4.78, 5) is 24.6. The summed E-state index contributed by atoms with van der Waals surface area (Å²) < 4.78 is 0.854. The van der Waals surface area contributed by atoms with Crippen molar-refractivity contribution < 1.29 is 9.59 Å². The number of hydrogen-bond acceptors (Lipinski definition) is 4. The lowest BCUT2D eigenvalue weighted by Crippen LogP contribution is -2.57. The van der Waals surface area contributed by atoms with Crippen LogP contribution in [-0.2, 0) is 9.59 Å². The highest BCUT2D eigenvalue weighted by Gasteiger charge is 2.31. The van der Waals surface area contributed by atoms with Crippen molar-refractivity contribution in [3.63, 3.8) is 0 Å². The smallest absolute Gasteiger partial charge is 0.249 e. The first-order valence-corrected chi connectivity index (χ1v) is 5.93. The Morgan fingerprint density at radius 2 is 2.18 bits per heavy atom. The number of benzene rings is 1. The Morgan fingerprint density at radius 1 is 1.47 bits per heavy atom. The molecule has 1 unspecified atom stereocenters. The van der Waals surface area contributed by atoms with E-state index in [0.29, 0.717) is 11.4 Å². The highest BCUT2D eigenvalue weighted by Crippen LogP contribution is 2.29. The third-order valence-electron chi connectivity index (χ3n) is 2.73. The van der Waals surface area contributed by atoms with Gasteiger partial charge in [-0.15, -0.1) is 0 Å². The first-order valence-electron chi connectivity index (χ1n) is 5.14. The summed E-state index contributed by atoms with van der Waals surface area (Å²) in [6, 6.07) is 4.94. The van der Waals surface area contributed by atoms with Crippen LogP contribution in [0.5, 0.6) is 0 Å². The van der Waals surface area contributed by atoms with Crippen LogP contribution in [0.3, 0.4) is 0 Å². The zero-order valence-corrected chi connectivity index (χ0v) is 10.8. The number of hydrogen-bond donors (Lipinski definition) is 2. The molecule has 3 N–H and O–H groups in total. The minimum atomic E-state index is -0.413. The van der Waals surface area contributed by atoms with Crippen molar-refractivity contribution in [3.8, 4) is 0 Å². The molecule has 0 aliphatic carbocycles. The summed E-state index contributed by atoms with van der Waals surface area (Å²) >= 11 is 3.35. The summed E-state index contributed by atoms with van der Waals surface area (Å²) in [6.07, 6.45) is 0. The molecule has 1 aliphatic heterocycles. The maximum absolute atomic E-state index is 11.6. The number of nitrogens with one attached hydrogen (secondary N) is 1. The van der Waals surface area contributed by atoms with E-state index in [1.165, 1.54) is 0 Å². The normalized spacial score (nSPS) is 20.4. The summed E-state index contributed by atoms with van der Waals surface area (Å²) in [5.74, 6) is -0.617. The zero-order chi connectivity index (χ0) is 12.6. The molecule has 1 aromatic rings. The van der Waals surface area contributed by atoms with Gasteiger partial charge in [0.2, 0.25) is 11.8 Å². The number of anilines is 2. The van der Waals surface area contributed by atoms with Crippen molar-refractivity contribution in [2.45, 2.75) is 13.0 Å². The molecular formula is C11H12BrN3O2. The molecule has 0 bridgehead atoms. The van der Waals surface area contributed by atoms with E-state index in [0.717, 1.165) is 4.47 Å². The number of amides is 2. The van der Waals surface area contributed by atoms with Crippen molar-refractivity contribution in [2.24, 2.45) is 0 Å². The fraction of sp³-hybridized carbons (Fsp3) is 0.273. The Balaban J connectivity index is 2.40. The lowest BCUT2D eigenvalue weighted by molar-refractivity contribution is -0.132. The Morgan fingerprint density at radius 3 is 2.88 bits per heavy atom. The second kappa shape index (κ2) is 4.37. The van der Waals surface area contributed by atoms with Crippen LogP contribution < -0.4 is 16.0 Å². The van der Waals surface area contributed by atoms with E-state index < -0.39 is 6.04 Å². The molecule has 0 spiro atoms. The molecule has 17 heavy (non-hydrogen) atoms. The number of carbonyl (C=O) groups excluding carboxylic acids is 2. The number of carbonyl (C=O) groups is 2. The number of piperazine rings is 1. The number of nitrogens with zero attached hydrogens (tertiary/aromatic N) is 1. The summed E-state index contributed by atoms with van der Waals surface area (Å²) in [6.45, 7) is 1.87. The van der Waals surface area contributed by atoms with Crippen molar-refractivity contribution in [3.05, 3.63) is 22.7 Å². The standard InChI is InChI=1S/C11H12BrN3O2/c1-6-11(17)14-10(16)5-15(6)9-4-7(12)2-3-8(9)13/h2-4,6H,5,13H2,1H3,(H,14,16,17). The summed E-state index contributed by atoms with van der Waals surface area (Å²) in [5, 5.41) is 2.29. The van der Waals surface area contributed by atoms with Crippen LogP contribution in [-0.4, -0.2) is 24.4 Å². The fourth-order valence-corrected chi connectivity index (χ4v) is 2.12. The van der Waals surface area contributed by atoms with Gasteiger partial charge in [0.15, 0.2) is 0 Å². The number of nitrogens with two attached hydrogens (primary N) is 1. The molecule has 2 rings (SSSR count). The molecule has 2 amide bonds. The third kappa shape index (κ3) is 2.26. The lowest BCUT2D eigenvalue weighted by atomic mass is 10.1. The van der Waals surface area contributed by atoms with Crippen LogP contribution in [0.1, 0.15) is 6.92 Å². The monoisotopic (exact) mass is 297 g/mol. The number of halogens is 1. The second-order valence-electron chi connectivity index (χ2n) is 3.92. The zero-order valence-electron chi connectivity index (χ0n) is 9.24. The van der Waals surface area contributed by atoms with Gasteiger partial charge < -0.3 is 10.6 Å². The molecule has 1 atom stereocenters. The number of imide groups is 1. The highest BCUT2D eigenvalue weighted by molar-refractivity contribution is 9.10. The first-order chi connectivity index (χ1) is 7.99. The molecule has 1 fully saturated rings. The maximum atomic E-state index is 11.6. The van der Waals surface area contributed by atoms with E-state index in [-0.39, 0.29) is 18.4 Å². The molecule has 1 saturated heterocycles. The molecule has 0 radical (unpaired) electrons. The highest BCUT2D eigenvalue weighted by atomic mass is 79.9. The van der Waals surface area contributed by atoms with Crippen molar-refractivity contribution in [1.29, 1.82) is 0 Å². The minimum absolute atomic E-state index is 0.132. The van der Waals surface area contributed by atoms with E-state index in [2.05, 4.69) is 21.2 Å². The number of nitrogen functional groups attached to an aromatic ring is 1. The van der Waals surface area contributed by atoms with Gasteiger partial charge >= 0.3 is 0 Å². The largest absolute Gasteiger partial charge is 0.397 e. The van der Waals surface area contributed by atoms with E-state index in [9.17, 15) is 9.59 Å². The molecule has 1 heterocycles. The van der Waals surface area contributed by atoms with Gasteiger partial charge in [0.1, 0.15) is 6.04 Å². The maximum Gasteiger partial charge on any atom is 0.249 e. The first kappa shape index (κ1) is 11.9. The van der Waals surface area contributed by atoms with E-state index in [1.807, 2.05) is 6.07 Å². The number of rotatable bonds is 1. The fourth-order valence-electron chi connectivity index (χ4n) is 1.77. The van der Waals surface area contributed by atoms with Gasteiger partial charge in [-0.05, 0) is 25.1 Å². The van der Waals surface area contributed by atoms with Gasteiger partial charge in [0, 0.05) is 4.47 Å².